The number of aliphatic imine (C=N–C) groups is 1. The number of nitrogens with zero attached hydrogens (tertiary/aromatic N) is 2. The summed E-state index contributed by atoms with van der Waals surface area (Å²) in [6, 6.07) is 37.4. The number of ether oxygens (including phenoxy) is 1. The molecule has 5 aromatic rings. The Labute approximate surface area is 259 Å². The quantitative estimate of drug-likeness (QED) is 0.165. The molecule has 0 spiro atoms. The minimum atomic E-state index is -0.0877. The van der Waals surface area contributed by atoms with E-state index in [9.17, 15) is 4.79 Å². The average Bonchev–Trinajstić information content (AvgIpc) is 3.30. The highest BCUT2D eigenvalue weighted by molar-refractivity contribution is 8.18. The molecular weight excluding hydrogens is 583 g/mol. The van der Waals surface area contributed by atoms with E-state index in [1.807, 2.05) is 103 Å². The van der Waals surface area contributed by atoms with E-state index in [-0.39, 0.29) is 12.5 Å². The molecule has 1 aliphatic heterocycles. The molecule has 4 nitrogen and oxygen atoms in total. The van der Waals surface area contributed by atoms with E-state index < -0.39 is 0 Å². The Morgan fingerprint density at radius 1 is 0.810 bits per heavy atom. The van der Waals surface area contributed by atoms with Crippen LogP contribution in [-0.2, 0) is 24.5 Å². The van der Waals surface area contributed by atoms with Crippen LogP contribution < -0.4 is 4.74 Å². The predicted molar refractivity (Wildman–Crippen MR) is 175 cm³/mol. The Kier molecular flexibility index (Phi) is 8.61. The van der Waals surface area contributed by atoms with Crippen molar-refractivity contribution in [3.63, 3.8) is 0 Å². The van der Waals surface area contributed by atoms with Crippen molar-refractivity contribution in [2.45, 2.75) is 19.7 Å². The first-order chi connectivity index (χ1) is 20.5. The normalized spacial score (nSPS) is 15.2. The molecule has 7 heteroatoms. The number of benzene rings is 5. The van der Waals surface area contributed by atoms with E-state index in [1.165, 1.54) is 11.8 Å². The van der Waals surface area contributed by atoms with Crippen LogP contribution >= 0.6 is 35.0 Å². The number of amidine groups is 1. The Balaban J connectivity index is 1.37. The van der Waals surface area contributed by atoms with Crippen molar-refractivity contribution >= 4 is 62.9 Å². The molecule has 5 aromatic carbocycles. The van der Waals surface area contributed by atoms with Crippen LogP contribution in [0.1, 0.15) is 22.3 Å². The maximum absolute atomic E-state index is 13.9. The highest BCUT2D eigenvalue weighted by atomic mass is 35.5. The van der Waals surface area contributed by atoms with Gasteiger partial charge in [-0.25, -0.2) is 0 Å². The maximum atomic E-state index is 13.9. The van der Waals surface area contributed by atoms with Crippen molar-refractivity contribution < 1.29 is 9.53 Å². The van der Waals surface area contributed by atoms with Gasteiger partial charge in [-0.05, 0) is 57.9 Å². The fourth-order valence-electron chi connectivity index (χ4n) is 4.75. The molecule has 0 aromatic heterocycles. The minimum Gasteiger partial charge on any atom is -0.488 e. The zero-order valence-corrected chi connectivity index (χ0v) is 24.9. The van der Waals surface area contributed by atoms with E-state index in [0.717, 1.165) is 33.0 Å². The first-order valence-corrected chi connectivity index (χ1v) is 15.0. The summed E-state index contributed by atoms with van der Waals surface area (Å²) < 4.78 is 6.32. The topological polar surface area (TPSA) is 41.9 Å². The summed E-state index contributed by atoms with van der Waals surface area (Å²) in [6.07, 6.45) is 1.93. The van der Waals surface area contributed by atoms with E-state index in [1.54, 1.807) is 17.0 Å². The molecule has 0 radical (unpaired) electrons. The molecule has 0 atom stereocenters. The fourth-order valence-corrected chi connectivity index (χ4v) is 6.17. The third-order valence-corrected chi connectivity index (χ3v) is 8.55. The second-order valence-corrected chi connectivity index (χ2v) is 11.6. The second-order valence-electron chi connectivity index (χ2n) is 9.79. The van der Waals surface area contributed by atoms with E-state index in [0.29, 0.717) is 39.0 Å². The van der Waals surface area contributed by atoms with Crippen LogP contribution in [0.2, 0.25) is 10.0 Å². The van der Waals surface area contributed by atoms with Gasteiger partial charge in [0.05, 0.1) is 18.0 Å². The number of hydrogen-bond acceptors (Lipinski definition) is 4. The molecular formula is C35H26Cl2N2O2S. The van der Waals surface area contributed by atoms with Crippen LogP contribution in [0.15, 0.2) is 125 Å². The molecule has 1 amide bonds. The lowest BCUT2D eigenvalue weighted by atomic mass is 10.0. The molecule has 0 aliphatic carbocycles. The van der Waals surface area contributed by atoms with E-state index in [4.69, 9.17) is 32.9 Å². The number of hydrogen-bond donors (Lipinski definition) is 0. The van der Waals surface area contributed by atoms with Gasteiger partial charge in [0.25, 0.3) is 5.91 Å². The summed E-state index contributed by atoms with van der Waals surface area (Å²) in [5, 5.41) is 3.83. The van der Waals surface area contributed by atoms with Gasteiger partial charge in [0.2, 0.25) is 0 Å². The van der Waals surface area contributed by atoms with Crippen LogP contribution in [-0.4, -0.2) is 16.0 Å². The molecule has 0 unspecified atom stereocenters. The van der Waals surface area contributed by atoms with Crippen molar-refractivity contribution in [2.24, 2.45) is 4.99 Å². The van der Waals surface area contributed by atoms with Gasteiger partial charge in [-0.15, -0.1) is 0 Å². The van der Waals surface area contributed by atoms with Crippen LogP contribution in [0.4, 0.5) is 0 Å². The number of thioether (sulfide) groups is 1. The standard InChI is InChI=1S/C35H26Cl2N2O2S/c36-28-17-15-27(31(37)19-28)23-41-32-18-16-26-13-7-8-14-29(26)30(32)20-33-34(40)39(22-25-11-5-2-6-12-25)35(42-33)38-21-24-9-3-1-4-10-24/h1-20H,21-23H2/b33-20+,38-35?. The zero-order valence-electron chi connectivity index (χ0n) is 22.5. The lowest BCUT2D eigenvalue weighted by molar-refractivity contribution is -0.122. The van der Waals surface area contributed by atoms with E-state index >= 15 is 0 Å². The molecule has 0 saturated carbocycles. The van der Waals surface area contributed by atoms with Gasteiger partial charge in [-0.1, -0.05) is 120 Å². The Hall–Kier alpha value is -4.03. The lowest BCUT2D eigenvalue weighted by Gasteiger charge is -2.16. The number of fused-ring (bicyclic) bond motifs is 1. The SMILES string of the molecule is O=C1/C(=C\c2c(OCc3ccc(Cl)cc3Cl)ccc3ccccc23)SC(=NCc2ccccc2)N1Cc1ccccc1. The van der Waals surface area contributed by atoms with Crippen LogP contribution in [0, 0.1) is 0 Å². The van der Waals surface area contributed by atoms with Crippen molar-refractivity contribution in [2.75, 3.05) is 0 Å². The fraction of sp³-hybridized carbons (Fsp3) is 0.0857. The maximum Gasteiger partial charge on any atom is 0.267 e. The number of carbonyl (C=O) groups is 1. The van der Waals surface area contributed by atoms with Gasteiger partial charge in [0, 0.05) is 21.2 Å². The van der Waals surface area contributed by atoms with Gasteiger partial charge in [0.15, 0.2) is 5.17 Å². The number of halogens is 2. The Bertz CT molecular complexity index is 1810. The van der Waals surface area contributed by atoms with Crippen molar-refractivity contribution in [1.29, 1.82) is 0 Å². The number of carbonyl (C=O) groups excluding carboxylic acids is 1. The number of rotatable bonds is 8. The van der Waals surface area contributed by atoms with Crippen molar-refractivity contribution in [1.82, 2.24) is 4.90 Å². The molecule has 1 saturated heterocycles. The average molecular weight is 610 g/mol. The first-order valence-electron chi connectivity index (χ1n) is 13.5. The molecule has 6 rings (SSSR count). The first kappa shape index (κ1) is 28.1. The zero-order chi connectivity index (χ0) is 28.9. The summed E-state index contributed by atoms with van der Waals surface area (Å²) in [5.74, 6) is 0.570. The van der Waals surface area contributed by atoms with Crippen LogP contribution in [0.3, 0.4) is 0 Å². The summed E-state index contributed by atoms with van der Waals surface area (Å²) in [4.78, 5) is 21.1. The summed E-state index contributed by atoms with van der Waals surface area (Å²) >= 11 is 13.9. The third-order valence-electron chi connectivity index (χ3n) is 6.92. The smallest absolute Gasteiger partial charge is 0.267 e. The molecule has 1 fully saturated rings. The molecule has 208 valence electrons. The largest absolute Gasteiger partial charge is 0.488 e. The Morgan fingerprint density at radius 3 is 2.29 bits per heavy atom. The monoisotopic (exact) mass is 608 g/mol. The van der Waals surface area contributed by atoms with Crippen molar-refractivity contribution in [3.8, 4) is 5.75 Å². The highest BCUT2D eigenvalue weighted by Gasteiger charge is 2.33. The minimum absolute atomic E-state index is 0.0877. The second kappa shape index (κ2) is 12.9. The Morgan fingerprint density at radius 2 is 1.52 bits per heavy atom. The molecule has 0 bridgehead atoms. The molecule has 1 heterocycles. The predicted octanol–water partition coefficient (Wildman–Crippen LogP) is 9.40. The number of amides is 1. The summed E-state index contributed by atoms with van der Waals surface area (Å²) in [6.45, 7) is 1.18. The highest BCUT2D eigenvalue weighted by Crippen LogP contribution is 2.38. The summed E-state index contributed by atoms with van der Waals surface area (Å²) in [7, 11) is 0. The summed E-state index contributed by atoms with van der Waals surface area (Å²) in [5.41, 5.74) is 3.77. The van der Waals surface area contributed by atoms with Gasteiger partial charge in [0.1, 0.15) is 12.4 Å². The van der Waals surface area contributed by atoms with Gasteiger partial charge in [-0.3, -0.25) is 14.7 Å². The van der Waals surface area contributed by atoms with Gasteiger partial charge >= 0.3 is 0 Å². The molecule has 0 N–H and O–H groups in total. The van der Waals surface area contributed by atoms with Gasteiger partial charge in [-0.2, -0.15) is 0 Å². The third kappa shape index (κ3) is 6.39. The van der Waals surface area contributed by atoms with Gasteiger partial charge < -0.3 is 4.74 Å². The van der Waals surface area contributed by atoms with E-state index in [2.05, 4.69) is 6.07 Å². The van der Waals surface area contributed by atoms with Crippen molar-refractivity contribution in [3.05, 3.63) is 152 Å². The van der Waals surface area contributed by atoms with Crippen LogP contribution in [0.5, 0.6) is 5.75 Å². The molecule has 42 heavy (non-hydrogen) atoms. The van der Waals surface area contributed by atoms with Crippen LogP contribution in [0.25, 0.3) is 16.8 Å². The molecule has 1 aliphatic rings. The lowest BCUT2D eigenvalue weighted by Crippen LogP contribution is -2.28.